The molecule has 2 aromatic rings. The van der Waals surface area contributed by atoms with Crippen LogP contribution in [0.3, 0.4) is 0 Å². The second kappa shape index (κ2) is 6.61. The molecule has 0 radical (unpaired) electrons. The van der Waals surface area contributed by atoms with E-state index in [2.05, 4.69) is 20.8 Å². The predicted octanol–water partition coefficient (Wildman–Crippen LogP) is 4.79. The smallest absolute Gasteiger partial charge is 0.0762 e. The molecule has 0 unspecified atom stereocenters. The fourth-order valence-electron chi connectivity index (χ4n) is 2.06. The summed E-state index contributed by atoms with van der Waals surface area (Å²) in [4.78, 5) is 2.12. The molecular formula is C16H17BrClNO. The van der Waals surface area contributed by atoms with Crippen molar-refractivity contribution in [1.29, 1.82) is 0 Å². The topological polar surface area (TPSA) is 23.5 Å². The third-order valence-electron chi connectivity index (χ3n) is 3.23. The number of rotatable bonds is 4. The molecule has 0 spiro atoms. The summed E-state index contributed by atoms with van der Waals surface area (Å²) in [6.07, 6.45) is -0.464. The Morgan fingerprint density at radius 3 is 2.55 bits per heavy atom. The van der Waals surface area contributed by atoms with E-state index in [0.717, 1.165) is 32.9 Å². The van der Waals surface area contributed by atoms with Crippen LogP contribution in [-0.4, -0.2) is 12.2 Å². The first-order valence-electron chi connectivity index (χ1n) is 6.41. The molecule has 0 aliphatic heterocycles. The summed E-state index contributed by atoms with van der Waals surface area (Å²) in [5.74, 6) is 0. The fourth-order valence-corrected chi connectivity index (χ4v) is 2.95. The van der Waals surface area contributed by atoms with E-state index in [1.807, 2.05) is 49.5 Å². The molecule has 0 bridgehead atoms. The third-order valence-corrected chi connectivity index (χ3v) is 4.23. The molecule has 106 valence electrons. The molecule has 0 saturated heterocycles. The van der Waals surface area contributed by atoms with Gasteiger partial charge in [0.25, 0.3) is 0 Å². The lowest BCUT2D eigenvalue weighted by atomic mass is 10.1. The molecular weight excluding hydrogens is 338 g/mol. The first kappa shape index (κ1) is 15.4. The van der Waals surface area contributed by atoms with Gasteiger partial charge in [-0.3, -0.25) is 0 Å². The van der Waals surface area contributed by atoms with Crippen molar-refractivity contribution >= 4 is 33.2 Å². The van der Waals surface area contributed by atoms with Crippen LogP contribution < -0.4 is 4.90 Å². The lowest BCUT2D eigenvalue weighted by Crippen LogP contribution is -2.17. The molecule has 0 saturated carbocycles. The maximum absolute atomic E-state index is 9.60. The van der Waals surface area contributed by atoms with Crippen LogP contribution in [0.25, 0.3) is 0 Å². The molecule has 0 heterocycles. The molecule has 0 aliphatic rings. The van der Waals surface area contributed by atoms with E-state index >= 15 is 0 Å². The lowest BCUT2D eigenvalue weighted by Gasteiger charge is -2.22. The largest absolute Gasteiger partial charge is 0.389 e. The van der Waals surface area contributed by atoms with Crippen LogP contribution in [0, 0.1) is 0 Å². The average Bonchev–Trinajstić information content (AvgIpc) is 2.41. The molecule has 2 rings (SSSR count). The van der Waals surface area contributed by atoms with Gasteiger partial charge in [0.1, 0.15) is 0 Å². The second-order valence-corrected chi connectivity index (χ2v) is 6.10. The molecule has 1 atom stereocenters. The average molecular weight is 355 g/mol. The van der Waals surface area contributed by atoms with E-state index < -0.39 is 6.10 Å². The number of anilines is 1. The Morgan fingerprint density at radius 1 is 1.25 bits per heavy atom. The maximum Gasteiger partial charge on any atom is 0.0762 e. The zero-order valence-electron chi connectivity index (χ0n) is 11.5. The summed E-state index contributed by atoms with van der Waals surface area (Å²) in [6, 6.07) is 13.7. The highest BCUT2D eigenvalue weighted by atomic mass is 79.9. The van der Waals surface area contributed by atoms with Crippen molar-refractivity contribution in [2.45, 2.75) is 19.6 Å². The van der Waals surface area contributed by atoms with Crippen LogP contribution in [0.2, 0.25) is 5.02 Å². The summed E-state index contributed by atoms with van der Waals surface area (Å²) < 4.78 is 0.963. The van der Waals surface area contributed by atoms with Crippen molar-refractivity contribution in [2.75, 3.05) is 11.9 Å². The van der Waals surface area contributed by atoms with Gasteiger partial charge in [0.2, 0.25) is 0 Å². The van der Waals surface area contributed by atoms with Crippen molar-refractivity contribution in [3.63, 3.8) is 0 Å². The highest BCUT2D eigenvalue weighted by Gasteiger charge is 2.10. The standard InChI is InChI=1S/C16H17BrClNO/c1-11(20)12-7-8-16(14(17)9-12)19(2)10-13-5-3-4-6-15(13)18/h3-9,11,20H,10H2,1-2H3/t11-/m0/s1. The van der Waals surface area contributed by atoms with Crippen LogP contribution in [0.1, 0.15) is 24.2 Å². The minimum Gasteiger partial charge on any atom is -0.389 e. The van der Waals surface area contributed by atoms with Crippen LogP contribution in [0.15, 0.2) is 46.9 Å². The van der Waals surface area contributed by atoms with Crippen molar-refractivity contribution in [2.24, 2.45) is 0 Å². The van der Waals surface area contributed by atoms with Gasteiger partial charge < -0.3 is 10.0 Å². The number of aliphatic hydroxyl groups is 1. The Labute approximate surface area is 133 Å². The summed E-state index contributed by atoms with van der Waals surface area (Å²) in [5.41, 5.74) is 3.05. The van der Waals surface area contributed by atoms with Crippen molar-refractivity contribution in [3.05, 3.63) is 63.1 Å². The Hall–Kier alpha value is -1.03. The molecule has 0 aromatic heterocycles. The number of hydrogen-bond acceptors (Lipinski definition) is 2. The van der Waals surface area contributed by atoms with Crippen molar-refractivity contribution < 1.29 is 5.11 Å². The Balaban J connectivity index is 2.21. The number of aliphatic hydroxyl groups excluding tert-OH is 1. The van der Waals surface area contributed by atoms with Gasteiger partial charge in [-0.25, -0.2) is 0 Å². The summed E-state index contributed by atoms with van der Waals surface area (Å²) >= 11 is 9.75. The molecule has 0 aliphatic carbocycles. The van der Waals surface area contributed by atoms with Gasteiger partial charge in [0.05, 0.1) is 11.8 Å². The van der Waals surface area contributed by atoms with E-state index in [0.29, 0.717) is 0 Å². The first-order valence-corrected chi connectivity index (χ1v) is 7.58. The summed E-state index contributed by atoms with van der Waals surface area (Å²) in [7, 11) is 2.02. The quantitative estimate of drug-likeness (QED) is 0.853. The van der Waals surface area contributed by atoms with E-state index in [9.17, 15) is 5.11 Å². The van der Waals surface area contributed by atoms with E-state index in [-0.39, 0.29) is 0 Å². The second-order valence-electron chi connectivity index (χ2n) is 4.83. The van der Waals surface area contributed by atoms with E-state index in [4.69, 9.17) is 11.6 Å². The van der Waals surface area contributed by atoms with Crippen LogP contribution in [0.5, 0.6) is 0 Å². The van der Waals surface area contributed by atoms with E-state index in [1.165, 1.54) is 0 Å². The number of hydrogen-bond donors (Lipinski definition) is 1. The zero-order chi connectivity index (χ0) is 14.7. The SMILES string of the molecule is C[C@H](O)c1ccc(N(C)Cc2ccccc2Cl)c(Br)c1. The summed E-state index contributed by atoms with van der Waals surface area (Å²) in [6.45, 7) is 2.49. The maximum atomic E-state index is 9.60. The minimum absolute atomic E-state index is 0.464. The van der Waals surface area contributed by atoms with Crippen LogP contribution >= 0.6 is 27.5 Å². The molecule has 20 heavy (non-hydrogen) atoms. The number of nitrogens with zero attached hydrogens (tertiary/aromatic N) is 1. The molecule has 2 nitrogen and oxygen atoms in total. The minimum atomic E-state index is -0.464. The summed E-state index contributed by atoms with van der Waals surface area (Å²) in [5, 5.41) is 10.4. The molecule has 0 fully saturated rings. The van der Waals surface area contributed by atoms with Crippen LogP contribution in [0.4, 0.5) is 5.69 Å². The highest BCUT2D eigenvalue weighted by Crippen LogP contribution is 2.30. The molecule has 0 amide bonds. The van der Waals surface area contributed by atoms with E-state index in [1.54, 1.807) is 6.92 Å². The van der Waals surface area contributed by atoms with Gasteiger partial charge in [-0.2, -0.15) is 0 Å². The first-order chi connectivity index (χ1) is 9.49. The highest BCUT2D eigenvalue weighted by molar-refractivity contribution is 9.10. The molecule has 4 heteroatoms. The molecule has 2 aromatic carbocycles. The number of halogens is 2. The van der Waals surface area contributed by atoms with Crippen molar-refractivity contribution in [3.8, 4) is 0 Å². The monoisotopic (exact) mass is 353 g/mol. The van der Waals surface area contributed by atoms with Crippen LogP contribution in [-0.2, 0) is 6.54 Å². The Morgan fingerprint density at radius 2 is 1.95 bits per heavy atom. The van der Waals surface area contributed by atoms with Gasteiger partial charge in [0, 0.05) is 23.1 Å². The predicted molar refractivity (Wildman–Crippen MR) is 88.3 cm³/mol. The van der Waals surface area contributed by atoms with Gasteiger partial charge >= 0.3 is 0 Å². The third kappa shape index (κ3) is 3.54. The van der Waals surface area contributed by atoms with Gasteiger partial charge in [-0.05, 0) is 52.2 Å². The van der Waals surface area contributed by atoms with Gasteiger partial charge in [-0.15, -0.1) is 0 Å². The Bertz CT molecular complexity index is 601. The van der Waals surface area contributed by atoms with Gasteiger partial charge in [-0.1, -0.05) is 35.9 Å². The molecule has 1 N–H and O–H groups in total. The Kier molecular flexibility index (Phi) is 5.08. The van der Waals surface area contributed by atoms with Gasteiger partial charge in [0.15, 0.2) is 0 Å². The normalized spacial score (nSPS) is 12.2. The zero-order valence-corrected chi connectivity index (χ0v) is 13.8. The fraction of sp³-hybridized carbons (Fsp3) is 0.250. The number of benzene rings is 2. The van der Waals surface area contributed by atoms with Crippen molar-refractivity contribution in [1.82, 2.24) is 0 Å². The lowest BCUT2D eigenvalue weighted by molar-refractivity contribution is 0.199.